The van der Waals surface area contributed by atoms with Gasteiger partial charge in [-0.15, -0.1) is 6.58 Å². The standard InChI is InChI=1S/C12H16N2O2.C10H18N2O3.C10H18N2O2.C3H6O3.CH3B/c13-11-6-7-14(8-11)12(15)16-9-10-4-2-1-3-5-10;1-15-8-10(14)11-9-3-5-12(7-9)4-2-6-13;1-3-5-12-6-4-9(7-12)11-10(13)8-14-2;1-6-2-3(4)5;1-2/h1-5,11H,6-9,13H2;6,9H,2-5,7-8H2,1H3,(H,11,14);3,9H,1,4-8H2,2H3,(H,11,13);2H2,1H3,(H,4,5);1H3. The van der Waals surface area contributed by atoms with Crippen molar-refractivity contribution in [2.75, 3.05) is 93.5 Å². The van der Waals surface area contributed by atoms with Gasteiger partial charge in [0.1, 0.15) is 32.7 Å². The summed E-state index contributed by atoms with van der Waals surface area (Å²) in [5.74, 6) is -1.03. The van der Waals surface area contributed by atoms with Crippen molar-refractivity contribution < 1.29 is 48.0 Å². The van der Waals surface area contributed by atoms with Crippen molar-refractivity contribution in [1.82, 2.24) is 25.3 Å². The van der Waals surface area contributed by atoms with Gasteiger partial charge >= 0.3 is 12.1 Å². The van der Waals surface area contributed by atoms with Crippen LogP contribution in [0.4, 0.5) is 4.79 Å². The molecule has 0 aromatic heterocycles. The summed E-state index contributed by atoms with van der Waals surface area (Å²) in [6.45, 7) is 12.3. The van der Waals surface area contributed by atoms with Crippen molar-refractivity contribution in [3.8, 4) is 0 Å². The van der Waals surface area contributed by atoms with Gasteiger partial charge in [0.05, 0.1) is 7.85 Å². The lowest BCUT2D eigenvalue weighted by molar-refractivity contribution is -0.141. The molecule has 298 valence electrons. The van der Waals surface area contributed by atoms with E-state index in [9.17, 15) is 24.0 Å². The van der Waals surface area contributed by atoms with Crippen LogP contribution in [0, 0.1) is 0 Å². The van der Waals surface area contributed by atoms with Gasteiger partial charge in [-0.05, 0) is 24.8 Å². The summed E-state index contributed by atoms with van der Waals surface area (Å²) in [7, 11) is 8.87. The number of amides is 3. The molecule has 5 N–H and O–H groups in total. The van der Waals surface area contributed by atoms with Gasteiger partial charge in [0.25, 0.3) is 0 Å². The highest BCUT2D eigenvalue weighted by molar-refractivity contribution is 6.05. The number of nitrogens with two attached hydrogens (primary N) is 1. The number of ether oxygens (including phenoxy) is 4. The molecule has 3 aliphatic rings. The van der Waals surface area contributed by atoms with Crippen LogP contribution in [0.3, 0.4) is 0 Å². The molecule has 0 aliphatic carbocycles. The number of nitrogens with zero attached hydrogens (tertiary/aromatic N) is 3. The molecule has 4 rings (SSSR count). The van der Waals surface area contributed by atoms with Gasteiger partial charge in [-0.25, -0.2) is 9.59 Å². The number of rotatable bonds is 15. The Hall–Kier alpha value is -3.87. The fraction of sp³-hybridized carbons (Fsp3) is 0.639. The fourth-order valence-corrected chi connectivity index (χ4v) is 5.38. The molecule has 1 aromatic rings. The third-order valence-corrected chi connectivity index (χ3v) is 7.73. The number of benzene rings is 1. The molecule has 3 heterocycles. The summed E-state index contributed by atoms with van der Waals surface area (Å²) in [5.41, 5.74) is 6.72. The number of carboxylic acids is 1. The summed E-state index contributed by atoms with van der Waals surface area (Å²) < 4.78 is 18.9. The monoisotopic (exact) mass is 748 g/mol. The number of aliphatic carboxylic acids is 1. The highest BCUT2D eigenvalue weighted by Crippen LogP contribution is 2.11. The number of hydrogen-bond acceptors (Lipinski definition) is 12. The highest BCUT2D eigenvalue weighted by Gasteiger charge is 2.25. The van der Waals surface area contributed by atoms with Crippen LogP contribution in [0.15, 0.2) is 43.0 Å². The van der Waals surface area contributed by atoms with E-state index in [0.29, 0.717) is 26.1 Å². The normalized spacial score (nSPS) is 19.0. The first kappa shape index (κ1) is 49.1. The zero-order valence-electron chi connectivity index (χ0n) is 31.9. The molecule has 3 aliphatic heterocycles. The van der Waals surface area contributed by atoms with E-state index in [2.05, 4.69) is 39.6 Å². The largest absolute Gasteiger partial charge is 0.480 e. The number of methoxy groups -OCH3 is 3. The van der Waals surface area contributed by atoms with E-state index in [-0.39, 0.29) is 55.9 Å². The molecule has 53 heavy (non-hydrogen) atoms. The molecular formula is C36H61BN6O10. The van der Waals surface area contributed by atoms with Crippen molar-refractivity contribution in [3.63, 3.8) is 0 Å². The third kappa shape index (κ3) is 24.9. The van der Waals surface area contributed by atoms with Gasteiger partial charge in [0, 0.05) is 98.2 Å². The Morgan fingerprint density at radius 3 is 1.87 bits per heavy atom. The van der Waals surface area contributed by atoms with Gasteiger partial charge in [0.2, 0.25) is 11.8 Å². The topological polar surface area (TPSA) is 202 Å². The smallest absolute Gasteiger partial charge is 0.410 e. The Labute approximate surface area is 316 Å². The van der Waals surface area contributed by atoms with Crippen molar-refractivity contribution in [1.29, 1.82) is 0 Å². The number of carboxylic acid groups (broad SMARTS) is 1. The van der Waals surface area contributed by atoms with E-state index < -0.39 is 5.97 Å². The van der Waals surface area contributed by atoms with Crippen LogP contribution in [0.25, 0.3) is 0 Å². The first-order valence-electron chi connectivity index (χ1n) is 17.6. The molecule has 1 aromatic carbocycles. The van der Waals surface area contributed by atoms with E-state index in [1.165, 1.54) is 28.2 Å². The number of carbonyl (C=O) groups excluding carboxylic acids is 4. The number of aldehydes is 1. The first-order valence-corrected chi connectivity index (χ1v) is 17.6. The lowest BCUT2D eigenvalue weighted by Crippen LogP contribution is -2.39. The summed E-state index contributed by atoms with van der Waals surface area (Å²) in [5, 5.41) is 13.6. The Balaban J connectivity index is 0.000000696. The molecule has 0 bridgehead atoms. The minimum absolute atomic E-state index is 0.0297. The summed E-state index contributed by atoms with van der Waals surface area (Å²) in [4.78, 5) is 59.8. The minimum atomic E-state index is -0.933. The minimum Gasteiger partial charge on any atom is -0.480 e. The maximum Gasteiger partial charge on any atom is 0.410 e. The van der Waals surface area contributed by atoms with Crippen molar-refractivity contribution >= 4 is 38.0 Å². The van der Waals surface area contributed by atoms with E-state index in [0.717, 1.165) is 70.4 Å². The SMILES string of the molecule is C=CCN1CCC(NC(=O)COC)C1.COCC(=O)NC1CCN(CCC=O)C1.COCC(=O)O.NC1CCN(C(=O)OCc2ccccc2)C1.[B]C. The van der Waals surface area contributed by atoms with E-state index in [1.54, 1.807) is 4.90 Å². The third-order valence-electron chi connectivity index (χ3n) is 7.73. The second-order valence-corrected chi connectivity index (χ2v) is 12.1. The molecule has 0 spiro atoms. The molecule has 3 saturated heterocycles. The second-order valence-electron chi connectivity index (χ2n) is 12.1. The van der Waals surface area contributed by atoms with Crippen LogP contribution in [-0.4, -0.2) is 169 Å². The molecule has 17 heteroatoms. The summed E-state index contributed by atoms with van der Waals surface area (Å²) in [6.07, 6.45) is 5.95. The van der Waals surface area contributed by atoms with Crippen LogP contribution in [0.2, 0.25) is 6.82 Å². The van der Waals surface area contributed by atoms with Crippen LogP contribution in [-0.2, 0) is 44.7 Å². The lowest BCUT2D eigenvalue weighted by Gasteiger charge is -2.15. The van der Waals surface area contributed by atoms with Gasteiger partial charge in [0.15, 0.2) is 0 Å². The van der Waals surface area contributed by atoms with Gasteiger partial charge < -0.3 is 55.0 Å². The maximum atomic E-state index is 11.6. The molecule has 3 unspecified atom stereocenters. The predicted octanol–water partition coefficient (Wildman–Crippen LogP) is 0.698. The average molecular weight is 749 g/mol. The fourth-order valence-electron chi connectivity index (χ4n) is 5.38. The van der Waals surface area contributed by atoms with Gasteiger partial charge in [-0.3, -0.25) is 14.5 Å². The first-order chi connectivity index (χ1) is 25.5. The molecule has 3 amide bonds. The summed E-state index contributed by atoms with van der Waals surface area (Å²) in [6, 6.07) is 10.2. The second kappa shape index (κ2) is 31.6. The highest BCUT2D eigenvalue weighted by atomic mass is 16.6. The van der Waals surface area contributed by atoms with Gasteiger partial charge in [-0.2, -0.15) is 0 Å². The lowest BCUT2D eigenvalue weighted by atomic mass is 10.2. The van der Waals surface area contributed by atoms with Crippen molar-refractivity contribution in [2.24, 2.45) is 5.73 Å². The van der Waals surface area contributed by atoms with Crippen LogP contribution in [0.5, 0.6) is 0 Å². The van der Waals surface area contributed by atoms with E-state index in [1.807, 2.05) is 36.4 Å². The predicted molar refractivity (Wildman–Crippen MR) is 203 cm³/mol. The Morgan fingerprint density at radius 2 is 1.42 bits per heavy atom. The number of nitrogens with one attached hydrogen (secondary N) is 2. The molecule has 3 fully saturated rings. The van der Waals surface area contributed by atoms with Crippen molar-refractivity contribution in [2.45, 2.75) is 57.2 Å². The Morgan fingerprint density at radius 1 is 0.868 bits per heavy atom. The van der Waals surface area contributed by atoms with Crippen LogP contribution in [0.1, 0.15) is 31.2 Å². The maximum absolute atomic E-state index is 11.6. The zero-order chi connectivity index (χ0) is 39.9. The molecule has 0 saturated carbocycles. The quantitative estimate of drug-likeness (QED) is 0.111. The molecule has 3 atom stereocenters. The number of likely N-dealkylation sites (tertiary alicyclic amines) is 3. The molecule has 2 radical (unpaired) electrons. The Kier molecular flexibility index (Phi) is 29.3. The zero-order valence-corrected chi connectivity index (χ0v) is 31.9. The molecular weight excluding hydrogens is 687 g/mol. The number of hydrogen-bond donors (Lipinski definition) is 4. The average Bonchev–Trinajstić information content (AvgIpc) is 3.90. The summed E-state index contributed by atoms with van der Waals surface area (Å²) >= 11 is 0. The Bertz CT molecular complexity index is 1170. The van der Waals surface area contributed by atoms with Crippen LogP contribution >= 0.6 is 0 Å². The van der Waals surface area contributed by atoms with E-state index in [4.69, 9.17) is 25.1 Å². The van der Waals surface area contributed by atoms with Crippen molar-refractivity contribution in [3.05, 3.63) is 48.6 Å². The van der Waals surface area contributed by atoms with Crippen LogP contribution < -0.4 is 16.4 Å². The number of carbonyl (C=O) groups is 5. The van der Waals surface area contributed by atoms with Gasteiger partial charge in [-0.1, -0.05) is 43.2 Å². The van der Waals surface area contributed by atoms with E-state index >= 15 is 0 Å². The molecule has 16 nitrogen and oxygen atoms in total.